The van der Waals surface area contributed by atoms with Gasteiger partial charge in [-0.3, -0.25) is 4.98 Å². The van der Waals surface area contributed by atoms with Crippen molar-refractivity contribution >= 4 is 0 Å². The maximum absolute atomic E-state index is 14.4. The monoisotopic (exact) mass is 353 g/mol. The van der Waals surface area contributed by atoms with E-state index in [1.807, 2.05) is 29.2 Å². The molecular weight excluding hydrogens is 338 g/mol. The molecule has 0 amide bonds. The summed E-state index contributed by atoms with van der Waals surface area (Å²) in [6.45, 7) is -2.00. The summed E-state index contributed by atoms with van der Waals surface area (Å²) >= 11 is 0. The average Bonchev–Trinajstić information content (AvgIpc) is 2.94. The van der Waals surface area contributed by atoms with Crippen LogP contribution in [-0.2, 0) is 6.54 Å². The number of benzene rings is 1. The number of halogens is 4. The molecule has 2 aromatic rings. The first-order valence-electron chi connectivity index (χ1n) is 7.44. The molecule has 0 saturated heterocycles. The quantitative estimate of drug-likeness (QED) is 0.765. The van der Waals surface area contributed by atoms with E-state index in [1.165, 1.54) is 18.3 Å². The summed E-state index contributed by atoms with van der Waals surface area (Å²) in [5.41, 5.74) is 0.756. The lowest BCUT2D eigenvalue weighted by Crippen LogP contribution is -2.22. The summed E-state index contributed by atoms with van der Waals surface area (Å²) in [5, 5.41) is 0. The predicted octanol–water partition coefficient (Wildman–Crippen LogP) is 3.80. The zero-order valence-electron chi connectivity index (χ0n) is 13.3. The number of alkyl halides is 2. The van der Waals surface area contributed by atoms with Gasteiger partial charge in [-0.05, 0) is 29.8 Å². The molecule has 1 aromatic heterocycles. The lowest BCUT2D eigenvalue weighted by Gasteiger charge is -2.18. The van der Waals surface area contributed by atoms with Crippen molar-refractivity contribution in [1.82, 2.24) is 14.8 Å². The maximum atomic E-state index is 14.4. The van der Waals surface area contributed by atoms with Crippen LogP contribution in [-0.4, -0.2) is 35.1 Å². The van der Waals surface area contributed by atoms with Crippen LogP contribution < -0.4 is 4.74 Å². The van der Waals surface area contributed by atoms with Gasteiger partial charge >= 0.3 is 6.61 Å². The fourth-order valence-electron chi connectivity index (χ4n) is 2.54. The van der Waals surface area contributed by atoms with Gasteiger partial charge in [-0.1, -0.05) is 0 Å². The van der Waals surface area contributed by atoms with Crippen molar-refractivity contribution in [1.29, 1.82) is 0 Å². The van der Waals surface area contributed by atoms with Gasteiger partial charge < -0.3 is 14.5 Å². The summed E-state index contributed by atoms with van der Waals surface area (Å²) in [7, 11) is 1.92. The lowest BCUT2D eigenvalue weighted by atomic mass is 10.1. The van der Waals surface area contributed by atoms with E-state index in [9.17, 15) is 17.6 Å². The van der Waals surface area contributed by atoms with E-state index >= 15 is 0 Å². The predicted molar refractivity (Wildman–Crippen MR) is 83.5 cm³/mol. The van der Waals surface area contributed by atoms with E-state index in [1.54, 1.807) is 0 Å². The molecule has 8 heteroatoms. The van der Waals surface area contributed by atoms with Crippen molar-refractivity contribution in [2.75, 3.05) is 13.7 Å². The number of aromatic nitrogens is 1. The topological polar surface area (TPSA) is 28.6 Å². The first-order chi connectivity index (χ1) is 11.9. The molecule has 1 aromatic carbocycles. The third-order valence-corrected chi connectivity index (χ3v) is 3.64. The van der Waals surface area contributed by atoms with Gasteiger partial charge in [0, 0.05) is 37.8 Å². The van der Waals surface area contributed by atoms with Crippen molar-refractivity contribution < 1.29 is 22.3 Å². The Kier molecular flexibility index (Phi) is 4.78. The first kappa shape index (κ1) is 17.1. The average molecular weight is 353 g/mol. The molecule has 0 radical (unpaired) electrons. The molecule has 25 heavy (non-hydrogen) atoms. The van der Waals surface area contributed by atoms with Crippen molar-refractivity contribution in [3.8, 4) is 17.0 Å². The SMILES string of the molecule is CN1C=CN(Cc2cnc(-c3ccc(F)c(OC(F)F)c3)c(F)c2)C1. The maximum Gasteiger partial charge on any atom is 0.387 e. The van der Waals surface area contributed by atoms with Crippen molar-refractivity contribution in [2.45, 2.75) is 13.2 Å². The highest BCUT2D eigenvalue weighted by molar-refractivity contribution is 5.62. The highest BCUT2D eigenvalue weighted by Crippen LogP contribution is 2.28. The Morgan fingerprint density at radius 3 is 2.60 bits per heavy atom. The van der Waals surface area contributed by atoms with Crippen LogP contribution in [0.5, 0.6) is 5.75 Å². The van der Waals surface area contributed by atoms with Crippen LogP contribution in [0.2, 0.25) is 0 Å². The molecule has 0 atom stereocenters. The van der Waals surface area contributed by atoms with Gasteiger partial charge in [-0.2, -0.15) is 8.78 Å². The lowest BCUT2D eigenvalue weighted by molar-refractivity contribution is -0.0521. The molecule has 0 fully saturated rings. The van der Waals surface area contributed by atoms with Crippen LogP contribution in [0.4, 0.5) is 17.6 Å². The molecule has 1 aliphatic rings. The summed E-state index contributed by atoms with van der Waals surface area (Å²) in [6, 6.07) is 4.53. The number of hydrogen-bond acceptors (Lipinski definition) is 4. The minimum Gasteiger partial charge on any atom is -0.432 e. The van der Waals surface area contributed by atoms with E-state index in [0.29, 0.717) is 18.8 Å². The zero-order chi connectivity index (χ0) is 18.0. The third-order valence-electron chi connectivity index (χ3n) is 3.64. The van der Waals surface area contributed by atoms with Gasteiger partial charge in [-0.15, -0.1) is 0 Å². The summed E-state index contributed by atoms with van der Waals surface area (Å²) in [6.07, 6.45) is 5.29. The Morgan fingerprint density at radius 2 is 1.96 bits per heavy atom. The van der Waals surface area contributed by atoms with Gasteiger partial charge in [0.15, 0.2) is 11.6 Å². The van der Waals surface area contributed by atoms with Gasteiger partial charge in [-0.25, -0.2) is 8.78 Å². The summed E-state index contributed by atoms with van der Waals surface area (Å²) < 4.78 is 56.6. The molecule has 0 saturated carbocycles. The Hall–Kier alpha value is -2.77. The minimum atomic E-state index is -3.17. The second-order valence-electron chi connectivity index (χ2n) is 5.64. The van der Waals surface area contributed by atoms with Crippen LogP contribution in [0.15, 0.2) is 42.9 Å². The molecule has 0 N–H and O–H groups in total. The fraction of sp³-hybridized carbons (Fsp3) is 0.235. The van der Waals surface area contributed by atoms with Gasteiger partial charge in [0.05, 0.1) is 6.67 Å². The van der Waals surface area contributed by atoms with E-state index in [-0.39, 0.29) is 11.3 Å². The molecule has 0 spiro atoms. The zero-order valence-corrected chi connectivity index (χ0v) is 13.3. The standard InChI is InChI=1S/C17H15F4N3O/c1-23-4-5-24(10-23)9-11-6-14(19)16(22-8-11)12-2-3-13(18)15(7-12)25-17(20)21/h2-8,17H,9-10H2,1H3. The van der Waals surface area contributed by atoms with Crippen molar-refractivity contribution in [2.24, 2.45) is 0 Å². The van der Waals surface area contributed by atoms with Crippen molar-refractivity contribution in [3.05, 3.63) is 60.1 Å². The Labute approximate surface area is 141 Å². The number of hydrogen-bond donors (Lipinski definition) is 0. The van der Waals surface area contributed by atoms with Crippen molar-refractivity contribution in [3.63, 3.8) is 0 Å². The normalized spacial score (nSPS) is 13.8. The fourth-order valence-corrected chi connectivity index (χ4v) is 2.54. The Morgan fingerprint density at radius 1 is 1.16 bits per heavy atom. The third kappa shape index (κ3) is 4.01. The number of pyridine rings is 1. The minimum absolute atomic E-state index is 0.0584. The molecule has 1 aliphatic heterocycles. The largest absolute Gasteiger partial charge is 0.432 e. The molecule has 3 rings (SSSR count). The number of nitrogens with zero attached hydrogens (tertiary/aromatic N) is 3. The van der Waals surface area contributed by atoms with E-state index in [0.717, 1.165) is 12.1 Å². The van der Waals surface area contributed by atoms with Crippen LogP contribution in [0, 0.1) is 11.6 Å². The molecule has 0 aliphatic carbocycles. The summed E-state index contributed by atoms with van der Waals surface area (Å²) in [4.78, 5) is 8.00. The highest BCUT2D eigenvalue weighted by atomic mass is 19.3. The van der Waals surface area contributed by atoms with Gasteiger partial charge in [0.2, 0.25) is 0 Å². The van der Waals surface area contributed by atoms with Crippen LogP contribution in [0.3, 0.4) is 0 Å². The van der Waals surface area contributed by atoms with Crippen LogP contribution >= 0.6 is 0 Å². The first-order valence-corrected chi connectivity index (χ1v) is 7.44. The van der Waals surface area contributed by atoms with E-state index < -0.39 is 24.0 Å². The highest BCUT2D eigenvalue weighted by Gasteiger charge is 2.15. The molecule has 4 nitrogen and oxygen atoms in total. The second kappa shape index (κ2) is 7.00. The Bertz CT molecular complexity index is 797. The van der Waals surface area contributed by atoms with Crippen LogP contribution in [0.1, 0.15) is 5.56 Å². The second-order valence-corrected chi connectivity index (χ2v) is 5.64. The van der Waals surface area contributed by atoms with Gasteiger partial charge in [0.1, 0.15) is 11.5 Å². The molecule has 0 bridgehead atoms. The smallest absolute Gasteiger partial charge is 0.387 e. The van der Waals surface area contributed by atoms with Crippen LogP contribution in [0.25, 0.3) is 11.3 Å². The molecule has 2 heterocycles. The molecule has 0 unspecified atom stereocenters. The molecular formula is C17H15F4N3O. The van der Waals surface area contributed by atoms with E-state index in [2.05, 4.69) is 9.72 Å². The molecule has 132 valence electrons. The summed E-state index contributed by atoms with van der Waals surface area (Å²) in [5.74, 6) is -2.22. The van der Waals surface area contributed by atoms with E-state index in [4.69, 9.17) is 0 Å². The number of ether oxygens (including phenoxy) is 1. The number of rotatable bonds is 5. The van der Waals surface area contributed by atoms with Gasteiger partial charge in [0.25, 0.3) is 0 Å². The Balaban J connectivity index is 1.82.